The summed E-state index contributed by atoms with van der Waals surface area (Å²) in [5, 5.41) is 2.93. The summed E-state index contributed by atoms with van der Waals surface area (Å²) in [6.45, 7) is 0. The average molecular weight is 371 g/mol. The van der Waals surface area contributed by atoms with Crippen molar-refractivity contribution >= 4 is 50.7 Å². The first-order valence-corrected chi connectivity index (χ1v) is 10.0. The summed E-state index contributed by atoms with van der Waals surface area (Å²) in [7, 11) is -3.43. The molecular formula is C15H15ClN2O3S2. The van der Waals surface area contributed by atoms with Crippen molar-refractivity contribution < 1.29 is 13.2 Å². The van der Waals surface area contributed by atoms with Crippen LogP contribution in [0, 0.1) is 0 Å². The molecule has 0 unspecified atom stereocenters. The zero-order valence-electron chi connectivity index (χ0n) is 12.5. The van der Waals surface area contributed by atoms with E-state index in [0.717, 1.165) is 11.2 Å². The van der Waals surface area contributed by atoms with E-state index in [2.05, 4.69) is 10.0 Å². The number of sulfonamides is 1. The Morgan fingerprint density at radius 3 is 2.52 bits per heavy atom. The van der Waals surface area contributed by atoms with Crippen molar-refractivity contribution in [3.05, 3.63) is 53.1 Å². The van der Waals surface area contributed by atoms with Gasteiger partial charge in [0.05, 0.1) is 17.0 Å². The molecule has 0 aliphatic rings. The van der Waals surface area contributed by atoms with E-state index in [9.17, 15) is 13.2 Å². The molecule has 122 valence electrons. The molecule has 0 saturated carbocycles. The molecule has 5 nitrogen and oxygen atoms in total. The number of carbonyl (C=O) groups excluding carboxylic acids is 1. The number of thioether (sulfide) groups is 1. The quantitative estimate of drug-likeness (QED) is 0.787. The van der Waals surface area contributed by atoms with Crippen LogP contribution < -0.4 is 10.0 Å². The Kier molecular flexibility index (Phi) is 5.56. The lowest BCUT2D eigenvalue weighted by Crippen LogP contribution is -2.13. The maximum absolute atomic E-state index is 12.2. The van der Waals surface area contributed by atoms with Crippen molar-refractivity contribution in [2.24, 2.45) is 0 Å². The van der Waals surface area contributed by atoms with Crippen molar-refractivity contribution in [1.82, 2.24) is 0 Å². The minimum absolute atomic E-state index is 0.154. The van der Waals surface area contributed by atoms with Gasteiger partial charge in [-0.05, 0) is 42.7 Å². The summed E-state index contributed by atoms with van der Waals surface area (Å²) in [6.07, 6.45) is 2.98. The largest absolute Gasteiger partial charge is 0.322 e. The smallest absolute Gasteiger partial charge is 0.255 e. The number of rotatable bonds is 5. The number of hydrogen-bond acceptors (Lipinski definition) is 4. The summed E-state index contributed by atoms with van der Waals surface area (Å²) in [5.41, 5.74) is 1.25. The predicted molar refractivity (Wildman–Crippen MR) is 96.1 cm³/mol. The number of benzene rings is 2. The lowest BCUT2D eigenvalue weighted by atomic mass is 10.2. The first-order chi connectivity index (χ1) is 10.8. The Hall–Kier alpha value is -1.70. The summed E-state index contributed by atoms with van der Waals surface area (Å²) in [6, 6.07) is 11.8. The first-order valence-electron chi connectivity index (χ1n) is 6.51. The molecular weight excluding hydrogens is 356 g/mol. The van der Waals surface area contributed by atoms with Crippen LogP contribution in [0.2, 0.25) is 5.02 Å². The van der Waals surface area contributed by atoms with Crippen LogP contribution in [0.15, 0.2) is 47.4 Å². The lowest BCUT2D eigenvalue weighted by molar-refractivity contribution is 0.102. The van der Waals surface area contributed by atoms with Gasteiger partial charge in [-0.3, -0.25) is 9.52 Å². The number of halogens is 1. The van der Waals surface area contributed by atoms with Crippen LogP contribution in [0.25, 0.3) is 0 Å². The molecule has 23 heavy (non-hydrogen) atoms. The van der Waals surface area contributed by atoms with Gasteiger partial charge in [-0.25, -0.2) is 8.42 Å². The highest BCUT2D eigenvalue weighted by Gasteiger charge is 2.11. The standard InChI is InChI=1S/C15H15ClN2O3S2/c1-22-12-5-3-4-11(9-12)17-15(19)10-6-7-14(13(16)8-10)18-23(2,20)21/h3-9,18H,1-2H3,(H,17,19). The summed E-state index contributed by atoms with van der Waals surface area (Å²) in [4.78, 5) is 13.3. The lowest BCUT2D eigenvalue weighted by Gasteiger charge is -2.09. The molecule has 0 saturated heterocycles. The van der Waals surface area contributed by atoms with Gasteiger partial charge in [-0.2, -0.15) is 0 Å². The molecule has 8 heteroatoms. The molecule has 0 radical (unpaired) electrons. The van der Waals surface area contributed by atoms with E-state index < -0.39 is 10.0 Å². The Labute approximate surface area is 144 Å². The summed E-state index contributed by atoms with van der Waals surface area (Å²) in [5.74, 6) is -0.323. The first kappa shape index (κ1) is 17.7. The van der Waals surface area contributed by atoms with Gasteiger partial charge in [0, 0.05) is 16.1 Å². The molecule has 0 aromatic heterocycles. The fourth-order valence-corrected chi connectivity index (χ4v) is 3.16. The van der Waals surface area contributed by atoms with Crippen LogP contribution in [0.3, 0.4) is 0 Å². The van der Waals surface area contributed by atoms with Crippen LogP contribution in [0.5, 0.6) is 0 Å². The third kappa shape index (κ3) is 5.16. The molecule has 0 aliphatic carbocycles. The summed E-state index contributed by atoms with van der Waals surface area (Å²) < 4.78 is 24.7. The van der Waals surface area contributed by atoms with E-state index in [4.69, 9.17) is 11.6 Å². The van der Waals surface area contributed by atoms with Gasteiger partial charge in [-0.1, -0.05) is 17.7 Å². The van der Waals surface area contributed by atoms with E-state index in [1.165, 1.54) is 18.2 Å². The van der Waals surface area contributed by atoms with E-state index in [1.807, 2.05) is 24.5 Å². The number of amides is 1. The molecule has 0 fully saturated rings. The fraction of sp³-hybridized carbons (Fsp3) is 0.133. The molecule has 2 aromatic carbocycles. The number of nitrogens with one attached hydrogen (secondary N) is 2. The minimum Gasteiger partial charge on any atom is -0.322 e. The molecule has 0 aliphatic heterocycles. The van der Waals surface area contributed by atoms with E-state index >= 15 is 0 Å². The second-order valence-corrected chi connectivity index (χ2v) is 7.79. The van der Waals surface area contributed by atoms with E-state index in [-0.39, 0.29) is 16.6 Å². The fourth-order valence-electron chi connectivity index (χ4n) is 1.84. The van der Waals surface area contributed by atoms with Gasteiger partial charge < -0.3 is 5.32 Å². The zero-order chi connectivity index (χ0) is 17.0. The van der Waals surface area contributed by atoms with Crippen LogP contribution in [0.4, 0.5) is 11.4 Å². The van der Waals surface area contributed by atoms with Crippen molar-refractivity contribution in [1.29, 1.82) is 0 Å². The highest BCUT2D eigenvalue weighted by atomic mass is 35.5. The maximum atomic E-state index is 12.2. The monoisotopic (exact) mass is 370 g/mol. The topological polar surface area (TPSA) is 75.3 Å². The number of hydrogen-bond donors (Lipinski definition) is 2. The molecule has 0 bridgehead atoms. The van der Waals surface area contributed by atoms with Crippen molar-refractivity contribution in [3.8, 4) is 0 Å². The van der Waals surface area contributed by atoms with Gasteiger partial charge in [0.1, 0.15) is 0 Å². The molecule has 2 N–H and O–H groups in total. The van der Waals surface area contributed by atoms with Crippen LogP contribution in [-0.4, -0.2) is 26.8 Å². The Morgan fingerprint density at radius 2 is 1.91 bits per heavy atom. The molecule has 2 rings (SSSR count). The third-order valence-corrected chi connectivity index (χ3v) is 4.48. The van der Waals surface area contributed by atoms with Gasteiger partial charge in [-0.15, -0.1) is 11.8 Å². The maximum Gasteiger partial charge on any atom is 0.255 e. The number of carbonyl (C=O) groups is 1. The van der Waals surface area contributed by atoms with Crippen LogP contribution >= 0.6 is 23.4 Å². The molecule has 2 aromatic rings. The summed E-state index contributed by atoms with van der Waals surface area (Å²) >= 11 is 7.60. The SMILES string of the molecule is CSc1cccc(NC(=O)c2ccc(NS(C)(=O)=O)c(Cl)c2)c1. The van der Waals surface area contributed by atoms with Gasteiger partial charge in [0.2, 0.25) is 10.0 Å². The van der Waals surface area contributed by atoms with E-state index in [1.54, 1.807) is 17.8 Å². The predicted octanol–water partition coefficient (Wildman–Crippen LogP) is 3.69. The molecule has 0 heterocycles. The Bertz CT molecular complexity index is 838. The molecule has 1 amide bonds. The third-order valence-electron chi connectivity index (χ3n) is 2.85. The second-order valence-electron chi connectivity index (χ2n) is 4.75. The van der Waals surface area contributed by atoms with Crippen LogP contribution in [0.1, 0.15) is 10.4 Å². The Morgan fingerprint density at radius 1 is 1.17 bits per heavy atom. The average Bonchev–Trinajstić information content (AvgIpc) is 2.48. The van der Waals surface area contributed by atoms with Gasteiger partial charge >= 0.3 is 0 Å². The minimum atomic E-state index is -3.43. The highest BCUT2D eigenvalue weighted by Crippen LogP contribution is 2.25. The van der Waals surface area contributed by atoms with Crippen molar-refractivity contribution in [3.63, 3.8) is 0 Å². The van der Waals surface area contributed by atoms with Gasteiger partial charge in [0.15, 0.2) is 0 Å². The number of anilines is 2. The van der Waals surface area contributed by atoms with Gasteiger partial charge in [0.25, 0.3) is 5.91 Å². The Balaban J connectivity index is 2.18. The normalized spacial score (nSPS) is 11.1. The van der Waals surface area contributed by atoms with Crippen molar-refractivity contribution in [2.45, 2.75) is 4.90 Å². The molecule has 0 spiro atoms. The molecule has 0 atom stereocenters. The second kappa shape index (κ2) is 7.25. The van der Waals surface area contributed by atoms with Crippen molar-refractivity contribution in [2.75, 3.05) is 22.6 Å². The van der Waals surface area contributed by atoms with E-state index in [0.29, 0.717) is 11.3 Å². The highest BCUT2D eigenvalue weighted by molar-refractivity contribution is 7.98. The van der Waals surface area contributed by atoms with Crippen LogP contribution in [-0.2, 0) is 10.0 Å². The zero-order valence-corrected chi connectivity index (χ0v) is 14.8.